The zero-order valence-electron chi connectivity index (χ0n) is 21.4. The number of benzene rings is 1. The van der Waals surface area contributed by atoms with Crippen molar-refractivity contribution in [3.63, 3.8) is 0 Å². The maximum Gasteiger partial charge on any atom is 0.458 e. The maximum atomic E-state index is 15.0. The number of hydrogen-bond donors (Lipinski definition) is 3. The largest absolute Gasteiger partial charge is 0.485 e. The standard InChI is InChI=1S/C25H25BrF5N5O4/c1-12(40-20(9-35-32)21(37)25(29,30)31)4-14(27)10-36-11-18(26)15-5-17(19(28)6-16(15)23(36)38)22-33-7-13(8-34-22)24(2,3)39/h5-9,11-12,14,35,39H,4,10,32H2,1-3H3. The first kappa shape index (κ1) is 31.1. The number of halogens is 6. The third kappa shape index (κ3) is 7.20. The number of allylic oxidation sites excluding steroid dienone is 1. The number of ether oxygens (including phenoxy) is 1. The highest BCUT2D eigenvalue weighted by Crippen LogP contribution is 2.30. The Kier molecular flexibility index (Phi) is 9.31. The fraction of sp³-hybridized carbons (Fsp3) is 0.360. The summed E-state index contributed by atoms with van der Waals surface area (Å²) in [5.41, 5.74) is 0.258. The van der Waals surface area contributed by atoms with Gasteiger partial charge in [-0.05, 0) is 48.8 Å². The van der Waals surface area contributed by atoms with Crippen LogP contribution in [0.15, 0.2) is 51.9 Å². The summed E-state index contributed by atoms with van der Waals surface area (Å²) in [4.78, 5) is 32.7. The highest BCUT2D eigenvalue weighted by atomic mass is 79.9. The molecule has 0 aliphatic heterocycles. The van der Waals surface area contributed by atoms with Crippen LogP contribution >= 0.6 is 15.9 Å². The zero-order valence-corrected chi connectivity index (χ0v) is 23.0. The van der Waals surface area contributed by atoms with Gasteiger partial charge >= 0.3 is 12.0 Å². The van der Waals surface area contributed by atoms with Gasteiger partial charge in [-0.1, -0.05) is 0 Å². The van der Waals surface area contributed by atoms with Gasteiger partial charge in [0.2, 0.25) is 0 Å². The predicted octanol–water partition coefficient (Wildman–Crippen LogP) is 4.16. The molecule has 2 aromatic heterocycles. The van der Waals surface area contributed by atoms with Crippen molar-refractivity contribution >= 4 is 32.5 Å². The van der Waals surface area contributed by atoms with Crippen LogP contribution in [0.2, 0.25) is 0 Å². The SMILES string of the molecule is CC(CC(F)Cn1cc(Br)c2cc(-c3ncc(C(C)(C)O)cn3)c(F)cc2c1=O)OC(=CNN)C(=O)C(F)(F)F. The summed E-state index contributed by atoms with van der Waals surface area (Å²) < 4.78 is 74.4. The van der Waals surface area contributed by atoms with Gasteiger partial charge in [-0.2, -0.15) is 13.2 Å². The summed E-state index contributed by atoms with van der Waals surface area (Å²) in [5.74, 6) is 0.707. The van der Waals surface area contributed by atoms with Crippen molar-refractivity contribution in [2.75, 3.05) is 0 Å². The van der Waals surface area contributed by atoms with Crippen LogP contribution in [0.4, 0.5) is 22.0 Å². The Morgan fingerprint density at radius 2 is 1.88 bits per heavy atom. The third-order valence-corrected chi connectivity index (χ3v) is 6.36. The van der Waals surface area contributed by atoms with E-state index < -0.39 is 59.9 Å². The number of rotatable bonds is 10. The molecule has 1 aromatic carbocycles. The van der Waals surface area contributed by atoms with E-state index >= 15 is 4.39 Å². The summed E-state index contributed by atoms with van der Waals surface area (Å²) >= 11 is 3.30. The van der Waals surface area contributed by atoms with Crippen molar-refractivity contribution in [3.05, 3.63) is 68.9 Å². The highest BCUT2D eigenvalue weighted by Gasteiger charge is 2.42. The number of nitrogens with one attached hydrogen (secondary N) is 1. The highest BCUT2D eigenvalue weighted by molar-refractivity contribution is 9.10. The molecule has 0 saturated carbocycles. The summed E-state index contributed by atoms with van der Waals surface area (Å²) in [5, 5.41) is 10.3. The van der Waals surface area contributed by atoms with Gasteiger partial charge in [0.1, 0.15) is 12.0 Å². The number of nitrogens with two attached hydrogens (primary N) is 1. The molecule has 4 N–H and O–H groups in total. The van der Waals surface area contributed by atoms with Crippen LogP contribution in [-0.4, -0.2) is 43.9 Å². The fourth-order valence-electron chi connectivity index (χ4n) is 3.74. The van der Waals surface area contributed by atoms with Gasteiger partial charge < -0.3 is 19.8 Å². The Labute approximate surface area is 233 Å². The molecule has 2 heterocycles. The van der Waals surface area contributed by atoms with Gasteiger partial charge in [0.15, 0.2) is 11.6 Å². The van der Waals surface area contributed by atoms with E-state index in [0.717, 1.165) is 10.6 Å². The summed E-state index contributed by atoms with van der Waals surface area (Å²) in [6.45, 7) is 3.80. The predicted molar refractivity (Wildman–Crippen MR) is 139 cm³/mol. The number of hydrogen-bond acceptors (Lipinski definition) is 8. The van der Waals surface area contributed by atoms with Crippen LogP contribution < -0.4 is 16.8 Å². The van der Waals surface area contributed by atoms with Gasteiger partial charge in [0.25, 0.3) is 5.56 Å². The number of aliphatic hydroxyl groups is 1. The average molecular weight is 634 g/mol. The molecule has 2 unspecified atom stereocenters. The van der Waals surface area contributed by atoms with Crippen LogP contribution in [0.25, 0.3) is 22.2 Å². The molecule has 0 amide bonds. The lowest BCUT2D eigenvalue weighted by atomic mass is 10.0. The lowest BCUT2D eigenvalue weighted by Gasteiger charge is -2.20. The summed E-state index contributed by atoms with van der Waals surface area (Å²) in [6.07, 6.45) is -4.21. The van der Waals surface area contributed by atoms with E-state index in [2.05, 4.69) is 25.9 Å². The van der Waals surface area contributed by atoms with Crippen molar-refractivity contribution in [3.8, 4) is 11.4 Å². The second-order valence-electron chi connectivity index (χ2n) is 9.43. The monoisotopic (exact) mass is 633 g/mol. The molecule has 3 aromatic rings. The second-order valence-corrected chi connectivity index (χ2v) is 10.3. The molecule has 0 fully saturated rings. The van der Waals surface area contributed by atoms with E-state index in [1.165, 1.54) is 31.6 Å². The van der Waals surface area contributed by atoms with E-state index in [4.69, 9.17) is 10.6 Å². The molecule has 9 nitrogen and oxygen atoms in total. The average Bonchev–Trinajstić information content (AvgIpc) is 2.85. The van der Waals surface area contributed by atoms with Gasteiger partial charge in [0.05, 0.1) is 35.4 Å². The molecule has 0 radical (unpaired) electrons. The van der Waals surface area contributed by atoms with Gasteiger partial charge in [-0.25, -0.2) is 18.7 Å². The lowest BCUT2D eigenvalue weighted by Crippen LogP contribution is -2.31. The number of carbonyl (C=O) groups is 1. The Bertz CT molecular complexity index is 1490. The number of pyridine rings is 1. The molecular weight excluding hydrogens is 609 g/mol. The molecule has 2 atom stereocenters. The normalized spacial score (nSPS) is 14.2. The van der Waals surface area contributed by atoms with Crippen LogP contribution in [0.1, 0.15) is 32.8 Å². The molecule has 216 valence electrons. The first-order valence-corrected chi connectivity index (χ1v) is 12.5. The molecule has 3 rings (SSSR count). The molecule has 0 aliphatic carbocycles. The second kappa shape index (κ2) is 12.0. The van der Waals surface area contributed by atoms with Crippen molar-refractivity contribution < 1.29 is 36.6 Å². The Hall–Kier alpha value is -3.43. The lowest BCUT2D eigenvalue weighted by molar-refractivity contribution is -0.171. The number of alkyl halides is 4. The van der Waals surface area contributed by atoms with Gasteiger partial charge in [-0.15, -0.1) is 0 Å². The smallest absolute Gasteiger partial charge is 0.458 e. The van der Waals surface area contributed by atoms with Crippen molar-refractivity contribution in [1.29, 1.82) is 0 Å². The molecule has 0 saturated heterocycles. The molecule has 0 spiro atoms. The zero-order chi connectivity index (χ0) is 30.0. The minimum absolute atomic E-state index is 0.00813. The quantitative estimate of drug-likeness (QED) is 0.0997. The molecule has 0 aliphatic rings. The van der Waals surface area contributed by atoms with E-state index in [1.807, 2.05) is 0 Å². The summed E-state index contributed by atoms with van der Waals surface area (Å²) in [6, 6.07) is 2.33. The van der Waals surface area contributed by atoms with E-state index in [-0.39, 0.29) is 16.8 Å². The third-order valence-electron chi connectivity index (χ3n) is 5.73. The number of Topliss-reactive ketones (excluding diaryl/α,β-unsaturated/α-hetero) is 1. The van der Waals surface area contributed by atoms with E-state index in [9.17, 15) is 32.3 Å². The van der Waals surface area contributed by atoms with Crippen LogP contribution in [0.5, 0.6) is 0 Å². The maximum absolute atomic E-state index is 15.0. The van der Waals surface area contributed by atoms with E-state index in [0.29, 0.717) is 21.6 Å². The molecule has 0 bridgehead atoms. The van der Waals surface area contributed by atoms with Gasteiger partial charge in [-0.3, -0.25) is 15.4 Å². The number of fused-ring (bicyclic) bond motifs is 1. The number of hydrazine groups is 1. The van der Waals surface area contributed by atoms with Crippen molar-refractivity contribution in [1.82, 2.24) is 20.0 Å². The van der Waals surface area contributed by atoms with Gasteiger partial charge in [0, 0.05) is 40.4 Å². The van der Waals surface area contributed by atoms with Crippen LogP contribution in [0.3, 0.4) is 0 Å². The first-order chi connectivity index (χ1) is 18.5. The van der Waals surface area contributed by atoms with Crippen molar-refractivity contribution in [2.45, 2.75) is 57.8 Å². The Morgan fingerprint density at radius 3 is 2.42 bits per heavy atom. The molecule has 40 heavy (non-hydrogen) atoms. The Morgan fingerprint density at radius 1 is 1.25 bits per heavy atom. The minimum Gasteiger partial charge on any atom is -0.485 e. The topological polar surface area (TPSA) is 132 Å². The molecular formula is C25H25BrF5N5O4. The first-order valence-electron chi connectivity index (χ1n) is 11.7. The summed E-state index contributed by atoms with van der Waals surface area (Å²) in [7, 11) is 0. The number of aromatic nitrogens is 3. The van der Waals surface area contributed by atoms with Crippen LogP contribution in [-0.2, 0) is 21.7 Å². The van der Waals surface area contributed by atoms with Crippen LogP contribution in [0, 0.1) is 5.82 Å². The molecule has 15 heteroatoms. The minimum atomic E-state index is -5.23. The number of ketones is 1. The van der Waals surface area contributed by atoms with Crippen molar-refractivity contribution in [2.24, 2.45) is 5.84 Å². The van der Waals surface area contributed by atoms with E-state index in [1.54, 1.807) is 19.3 Å². The number of nitrogens with zero attached hydrogens (tertiary/aromatic N) is 3. The fourth-order valence-corrected chi connectivity index (χ4v) is 4.31. The number of carbonyl (C=O) groups excluding carboxylic acids is 1. The Balaban J connectivity index is 1.83.